The van der Waals surface area contributed by atoms with Gasteiger partial charge in [-0.25, -0.2) is 4.79 Å². The molecule has 0 bridgehead atoms. The highest BCUT2D eigenvalue weighted by atomic mass is 16.4. The molecule has 12 heteroatoms. The lowest BCUT2D eigenvalue weighted by atomic mass is 9.54. The fourth-order valence-electron chi connectivity index (χ4n) is 6.61. The van der Waals surface area contributed by atoms with Gasteiger partial charge in [0.15, 0.2) is 17.0 Å². The fourth-order valence-corrected chi connectivity index (χ4v) is 6.61. The van der Waals surface area contributed by atoms with Crippen molar-refractivity contribution in [2.45, 2.75) is 36.8 Å². The van der Waals surface area contributed by atoms with Gasteiger partial charge in [-0.1, -0.05) is 0 Å². The van der Waals surface area contributed by atoms with Crippen LogP contribution in [0.2, 0.25) is 0 Å². The summed E-state index contributed by atoms with van der Waals surface area (Å²) in [6, 6.07) is 1.48. The molecule has 2 heterocycles. The van der Waals surface area contributed by atoms with Crippen molar-refractivity contribution in [1.29, 1.82) is 0 Å². The monoisotopic (exact) mass is 482 g/mol. The first-order chi connectivity index (χ1) is 16.5. The van der Waals surface area contributed by atoms with Gasteiger partial charge in [-0.05, 0) is 49.8 Å². The van der Waals surface area contributed by atoms with Gasteiger partial charge in [-0.2, -0.15) is 0 Å². The fraction of sp³-hybridized carbons (Fsp3) is 0.391. The van der Waals surface area contributed by atoms with Crippen LogP contribution in [-0.2, 0) is 16.0 Å². The van der Waals surface area contributed by atoms with Crippen molar-refractivity contribution in [2.24, 2.45) is 17.6 Å². The Labute approximate surface area is 196 Å². The molecule has 12 nitrogen and oxygen atoms in total. The molecule has 0 saturated carbocycles. The third kappa shape index (κ3) is 2.42. The maximum absolute atomic E-state index is 13.7. The van der Waals surface area contributed by atoms with Gasteiger partial charge in [-0.15, -0.1) is 0 Å². The summed E-state index contributed by atoms with van der Waals surface area (Å²) in [6.45, 7) is 0.429. The van der Waals surface area contributed by atoms with Crippen LogP contribution in [0.1, 0.15) is 35.2 Å². The minimum atomic E-state index is -2.68. The lowest BCUT2D eigenvalue weighted by Crippen LogP contribution is -2.68. The largest absolute Gasteiger partial charge is 0.509 e. The molecule has 182 valence electrons. The molecule has 1 aromatic heterocycles. The zero-order chi connectivity index (χ0) is 25.0. The number of carbonyl (C=O) groups is 3. The molecule has 1 aromatic carbocycles. The number of hydrogen-bond acceptors (Lipinski definition) is 10. The molecule has 1 spiro atoms. The van der Waals surface area contributed by atoms with Gasteiger partial charge < -0.3 is 36.5 Å². The molecule has 4 aliphatic rings. The van der Waals surface area contributed by atoms with Gasteiger partial charge in [0, 0.05) is 17.2 Å². The number of H-pyrrole nitrogens is 1. The number of amides is 1. The third-order valence-electron chi connectivity index (χ3n) is 8.09. The lowest BCUT2D eigenvalue weighted by Gasteiger charge is -2.53. The number of fused-ring (bicyclic) bond motifs is 6. The molecule has 2 aromatic rings. The van der Waals surface area contributed by atoms with E-state index in [2.05, 4.69) is 10.3 Å². The summed E-state index contributed by atoms with van der Waals surface area (Å²) in [7, 11) is 0. The number of aromatic nitrogens is 1. The van der Waals surface area contributed by atoms with Crippen LogP contribution in [0.3, 0.4) is 0 Å². The van der Waals surface area contributed by atoms with Gasteiger partial charge >= 0.3 is 5.76 Å². The molecule has 9 N–H and O–H groups in total. The Balaban J connectivity index is 1.62. The molecule has 1 fully saturated rings. The molecule has 1 aliphatic heterocycles. The topological polar surface area (TPSA) is 222 Å². The number of ketones is 2. The maximum Gasteiger partial charge on any atom is 0.417 e. The number of aliphatic hydroxyl groups excluding tert-OH is 2. The summed E-state index contributed by atoms with van der Waals surface area (Å²) in [5, 5.41) is 37.3. The van der Waals surface area contributed by atoms with Gasteiger partial charge in [0.2, 0.25) is 5.78 Å². The number of oxazole rings is 1. The van der Waals surface area contributed by atoms with Crippen LogP contribution in [0, 0.1) is 11.8 Å². The van der Waals surface area contributed by atoms with Crippen molar-refractivity contribution in [3.8, 4) is 0 Å². The number of hydrogen-bond donors (Lipinski definition) is 7. The first-order valence-electron chi connectivity index (χ1n) is 11.2. The van der Waals surface area contributed by atoms with Crippen molar-refractivity contribution in [1.82, 2.24) is 10.3 Å². The second-order valence-corrected chi connectivity index (χ2v) is 9.68. The van der Waals surface area contributed by atoms with E-state index in [-0.39, 0.29) is 47.2 Å². The van der Waals surface area contributed by atoms with Crippen LogP contribution in [-0.4, -0.2) is 55.5 Å². The summed E-state index contributed by atoms with van der Waals surface area (Å²) in [5.41, 5.74) is 7.26. The van der Waals surface area contributed by atoms with Crippen LogP contribution < -0.4 is 22.5 Å². The smallest absolute Gasteiger partial charge is 0.417 e. The number of benzene rings is 1. The number of carbonyl (C=O) groups excluding carboxylic acids is 3. The number of anilines is 1. The van der Waals surface area contributed by atoms with Crippen LogP contribution in [0.4, 0.5) is 5.69 Å². The van der Waals surface area contributed by atoms with E-state index in [9.17, 15) is 34.5 Å². The minimum absolute atomic E-state index is 0.0183. The zero-order valence-corrected chi connectivity index (χ0v) is 18.3. The van der Waals surface area contributed by atoms with Crippen LogP contribution in [0.5, 0.6) is 0 Å². The molecule has 0 radical (unpaired) electrons. The quantitative estimate of drug-likeness (QED) is 0.206. The Morgan fingerprint density at radius 1 is 1.20 bits per heavy atom. The number of nitrogens with one attached hydrogen (secondary N) is 2. The summed E-state index contributed by atoms with van der Waals surface area (Å²) in [4.78, 5) is 53.5. The Morgan fingerprint density at radius 2 is 1.94 bits per heavy atom. The van der Waals surface area contributed by atoms with Crippen LogP contribution in [0.15, 0.2) is 37.9 Å². The molecule has 1 amide bonds. The van der Waals surface area contributed by atoms with Gasteiger partial charge in [0.1, 0.15) is 17.1 Å². The van der Waals surface area contributed by atoms with Gasteiger partial charge in [-0.3, -0.25) is 19.4 Å². The molecule has 4 atom stereocenters. The predicted octanol–water partition coefficient (Wildman–Crippen LogP) is -0.376. The average Bonchev–Trinajstić information content (AvgIpc) is 3.42. The Hall–Kier alpha value is -3.90. The number of aromatic amines is 1. The van der Waals surface area contributed by atoms with Crippen molar-refractivity contribution in [3.63, 3.8) is 0 Å². The lowest BCUT2D eigenvalue weighted by molar-refractivity contribution is -0.150. The highest BCUT2D eigenvalue weighted by Gasteiger charge is 2.68. The minimum Gasteiger partial charge on any atom is -0.509 e. The summed E-state index contributed by atoms with van der Waals surface area (Å²) in [6.07, 6.45) is 1.01. The number of primary amides is 1. The predicted molar refractivity (Wildman–Crippen MR) is 119 cm³/mol. The van der Waals surface area contributed by atoms with Crippen molar-refractivity contribution in [3.05, 3.63) is 50.4 Å². The van der Waals surface area contributed by atoms with Crippen molar-refractivity contribution >= 4 is 34.3 Å². The molecular formula is C23H22N4O8. The molecule has 1 saturated heterocycles. The maximum atomic E-state index is 13.7. The number of nitrogens with two attached hydrogens (primary N) is 2. The second-order valence-electron chi connectivity index (χ2n) is 9.68. The van der Waals surface area contributed by atoms with Crippen LogP contribution >= 0.6 is 0 Å². The van der Waals surface area contributed by atoms with E-state index >= 15 is 0 Å². The van der Waals surface area contributed by atoms with E-state index in [0.29, 0.717) is 18.5 Å². The SMILES string of the molecule is NC(=O)C1=C(O)C2(CCCN2)[C@@H]2C[C@@H]3Cc4c(N)cc5[nH]c(=O)oc5c4C(=O)C3=C(O)[C@]2(O)C1=O. The highest BCUT2D eigenvalue weighted by molar-refractivity contribution is 6.25. The second kappa shape index (κ2) is 6.61. The summed E-state index contributed by atoms with van der Waals surface area (Å²) < 4.78 is 5.17. The average molecular weight is 482 g/mol. The normalized spacial score (nSPS) is 32.3. The number of nitrogen functional groups attached to an aromatic ring is 1. The highest BCUT2D eigenvalue weighted by Crippen LogP contribution is 2.56. The van der Waals surface area contributed by atoms with E-state index in [0.717, 1.165) is 0 Å². The molecular weight excluding hydrogens is 460 g/mol. The van der Waals surface area contributed by atoms with Crippen molar-refractivity contribution < 1.29 is 34.1 Å². The number of aliphatic hydroxyl groups is 3. The number of rotatable bonds is 1. The first kappa shape index (κ1) is 21.6. The third-order valence-corrected chi connectivity index (χ3v) is 8.09. The first-order valence-corrected chi connectivity index (χ1v) is 11.2. The van der Waals surface area contributed by atoms with Gasteiger partial charge in [0.05, 0.1) is 16.6 Å². The van der Waals surface area contributed by atoms with E-state index in [4.69, 9.17) is 15.9 Å². The summed E-state index contributed by atoms with van der Waals surface area (Å²) in [5.74, 6) is -7.28. The Bertz CT molecular complexity index is 1510. The zero-order valence-electron chi connectivity index (χ0n) is 18.3. The Morgan fingerprint density at radius 3 is 2.60 bits per heavy atom. The van der Waals surface area contributed by atoms with E-state index in [1.807, 2.05) is 0 Å². The van der Waals surface area contributed by atoms with E-state index in [1.165, 1.54) is 6.07 Å². The summed E-state index contributed by atoms with van der Waals surface area (Å²) >= 11 is 0. The van der Waals surface area contributed by atoms with Gasteiger partial charge in [0.25, 0.3) is 5.91 Å². The standard InChI is InChI=1S/C23H22N4O8/c24-9-6-10-16(35-21(33)27-10)13-8(9)4-7-5-11-22(2-1-3-26-22)17(29)14(20(25)32)19(31)23(11,34)18(30)12(7)15(13)28/h6-7,11,26,29-30,34H,1-5,24H2,(H2,25,32)(H,27,33)/t7-,11-,22?,23-/m0/s1. The van der Waals surface area contributed by atoms with Crippen LogP contribution in [0.25, 0.3) is 11.1 Å². The van der Waals surface area contributed by atoms with Crippen molar-refractivity contribution in [2.75, 3.05) is 12.3 Å². The molecule has 35 heavy (non-hydrogen) atoms. The van der Waals surface area contributed by atoms with E-state index < -0.39 is 63.3 Å². The van der Waals surface area contributed by atoms with E-state index in [1.54, 1.807) is 0 Å². The number of Topliss-reactive ketones (excluding diaryl/α,β-unsaturated/α-hetero) is 2. The Kier molecular flexibility index (Phi) is 4.08. The molecule has 3 aliphatic carbocycles. The number of allylic oxidation sites excluding steroid dienone is 1. The molecule has 6 rings (SSSR count). The molecule has 1 unspecified atom stereocenters.